The van der Waals surface area contributed by atoms with Gasteiger partial charge >= 0.3 is 0 Å². The van der Waals surface area contributed by atoms with E-state index in [0.29, 0.717) is 5.56 Å². The number of aromatic nitrogens is 2. The predicted molar refractivity (Wildman–Crippen MR) is 69.6 cm³/mol. The number of hydrogen-bond acceptors (Lipinski definition) is 3. The Bertz CT molecular complexity index is 545. The van der Waals surface area contributed by atoms with Crippen molar-refractivity contribution in [3.63, 3.8) is 0 Å². The minimum absolute atomic E-state index is 0.144. The summed E-state index contributed by atoms with van der Waals surface area (Å²) in [6.45, 7) is 1.85. The Morgan fingerprint density at radius 1 is 1.35 bits per heavy atom. The van der Waals surface area contributed by atoms with Gasteiger partial charge in [-0.1, -0.05) is 0 Å². The van der Waals surface area contributed by atoms with Crippen molar-refractivity contribution in [2.24, 2.45) is 7.05 Å². The van der Waals surface area contributed by atoms with E-state index in [4.69, 9.17) is 0 Å². The molecule has 4 nitrogen and oxygen atoms in total. The molecule has 2 aromatic rings. The van der Waals surface area contributed by atoms with E-state index in [-0.39, 0.29) is 5.91 Å². The van der Waals surface area contributed by atoms with E-state index in [1.54, 1.807) is 35.1 Å². The molecule has 0 aliphatic carbocycles. The molecule has 1 amide bonds. The first-order chi connectivity index (χ1) is 8.06. The van der Waals surface area contributed by atoms with Crippen LogP contribution in [0.25, 0.3) is 0 Å². The Balaban J connectivity index is 2.17. The molecular formula is C12H13N3OS. The number of nitrogens with zero attached hydrogens (tertiary/aromatic N) is 2. The van der Waals surface area contributed by atoms with Gasteiger partial charge in [-0.05, 0) is 31.2 Å². The second kappa shape index (κ2) is 4.63. The highest BCUT2D eigenvalue weighted by atomic mass is 32.1. The highest BCUT2D eigenvalue weighted by molar-refractivity contribution is 7.80. The van der Waals surface area contributed by atoms with Gasteiger partial charge in [-0.15, -0.1) is 12.6 Å². The maximum absolute atomic E-state index is 11.9. The summed E-state index contributed by atoms with van der Waals surface area (Å²) in [4.78, 5) is 12.7. The molecule has 0 fully saturated rings. The number of thiol groups is 1. The Labute approximate surface area is 105 Å². The molecule has 2 rings (SSSR count). The zero-order chi connectivity index (χ0) is 12.4. The molecule has 0 saturated heterocycles. The lowest BCUT2D eigenvalue weighted by atomic mass is 10.2. The molecule has 17 heavy (non-hydrogen) atoms. The fraction of sp³-hybridized carbons (Fsp3) is 0.167. The van der Waals surface area contributed by atoms with Gasteiger partial charge in [0.05, 0.1) is 11.4 Å². The van der Waals surface area contributed by atoms with Gasteiger partial charge in [-0.25, -0.2) is 0 Å². The van der Waals surface area contributed by atoms with Gasteiger partial charge < -0.3 is 5.32 Å². The molecule has 0 atom stereocenters. The molecule has 0 unspecified atom stereocenters. The summed E-state index contributed by atoms with van der Waals surface area (Å²) >= 11 is 4.17. The molecule has 0 aliphatic rings. The normalized spacial score (nSPS) is 10.3. The van der Waals surface area contributed by atoms with Crippen molar-refractivity contribution in [3.8, 4) is 0 Å². The van der Waals surface area contributed by atoms with Crippen LogP contribution in [-0.2, 0) is 7.05 Å². The van der Waals surface area contributed by atoms with Gasteiger partial charge in [0.2, 0.25) is 0 Å². The summed E-state index contributed by atoms with van der Waals surface area (Å²) in [6, 6.07) is 7.05. The van der Waals surface area contributed by atoms with E-state index in [9.17, 15) is 4.79 Å². The summed E-state index contributed by atoms with van der Waals surface area (Å²) in [5.74, 6) is -0.144. The molecule has 5 heteroatoms. The third kappa shape index (κ3) is 2.68. The third-order valence-corrected chi connectivity index (χ3v) is 2.69. The average Bonchev–Trinajstić information content (AvgIpc) is 2.58. The lowest BCUT2D eigenvalue weighted by Gasteiger charge is -2.03. The van der Waals surface area contributed by atoms with Crippen molar-refractivity contribution in [3.05, 3.63) is 41.7 Å². The smallest absolute Gasteiger partial charge is 0.255 e. The first-order valence-electron chi connectivity index (χ1n) is 5.17. The first kappa shape index (κ1) is 11.7. The number of benzene rings is 1. The summed E-state index contributed by atoms with van der Waals surface area (Å²) < 4.78 is 1.67. The van der Waals surface area contributed by atoms with E-state index >= 15 is 0 Å². The lowest BCUT2D eigenvalue weighted by Crippen LogP contribution is -2.11. The van der Waals surface area contributed by atoms with E-state index < -0.39 is 0 Å². The lowest BCUT2D eigenvalue weighted by molar-refractivity contribution is 0.102. The van der Waals surface area contributed by atoms with Crippen LogP contribution in [0, 0.1) is 6.92 Å². The van der Waals surface area contributed by atoms with Crippen molar-refractivity contribution >= 4 is 24.2 Å². The number of nitrogens with one attached hydrogen (secondary N) is 1. The highest BCUT2D eigenvalue weighted by Gasteiger charge is 2.09. The number of rotatable bonds is 2. The van der Waals surface area contributed by atoms with Crippen LogP contribution in [0.4, 0.5) is 5.69 Å². The number of aryl methyl sites for hydroxylation is 2. The molecule has 1 N–H and O–H groups in total. The molecule has 0 spiro atoms. The largest absolute Gasteiger partial charge is 0.319 e. The van der Waals surface area contributed by atoms with E-state index in [0.717, 1.165) is 16.3 Å². The molecule has 1 aromatic carbocycles. The number of carbonyl (C=O) groups is 1. The third-order valence-electron chi connectivity index (χ3n) is 2.39. The second-order valence-electron chi connectivity index (χ2n) is 3.80. The predicted octanol–water partition coefficient (Wildman–Crippen LogP) is 2.27. The van der Waals surface area contributed by atoms with Crippen LogP contribution in [-0.4, -0.2) is 15.7 Å². The van der Waals surface area contributed by atoms with Crippen LogP contribution in [0.5, 0.6) is 0 Å². The van der Waals surface area contributed by atoms with Crippen molar-refractivity contribution in [2.75, 3.05) is 5.32 Å². The summed E-state index contributed by atoms with van der Waals surface area (Å²) in [7, 11) is 1.82. The van der Waals surface area contributed by atoms with Crippen LogP contribution in [0.3, 0.4) is 0 Å². The van der Waals surface area contributed by atoms with Crippen LogP contribution in [0.2, 0.25) is 0 Å². The number of anilines is 1. The van der Waals surface area contributed by atoms with Crippen molar-refractivity contribution in [1.82, 2.24) is 9.78 Å². The zero-order valence-corrected chi connectivity index (χ0v) is 10.5. The molecule has 0 radical (unpaired) electrons. The second-order valence-corrected chi connectivity index (χ2v) is 4.32. The van der Waals surface area contributed by atoms with Gasteiger partial charge in [0.1, 0.15) is 0 Å². The molecule has 0 aliphatic heterocycles. The fourth-order valence-corrected chi connectivity index (χ4v) is 1.68. The Kier molecular flexibility index (Phi) is 3.19. The van der Waals surface area contributed by atoms with Crippen molar-refractivity contribution in [1.29, 1.82) is 0 Å². The van der Waals surface area contributed by atoms with Crippen molar-refractivity contribution < 1.29 is 4.79 Å². The van der Waals surface area contributed by atoms with Gasteiger partial charge in [-0.2, -0.15) is 5.10 Å². The van der Waals surface area contributed by atoms with E-state index in [1.165, 1.54) is 0 Å². The minimum Gasteiger partial charge on any atom is -0.319 e. The molecule has 0 bridgehead atoms. The van der Waals surface area contributed by atoms with Crippen molar-refractivity contribution in [2.45, 2.75) is 11.8 Å². The number of amides is 1. The van der Waals surface area contributed by atoms with Gasteiger partial charge in [0.25, 0.3) is 5.91 Å². The summed E-state index contributed by atoms with van der Waals surface area (Å²) in [6.07, 6.45) is 1.78. The maximum Gasteiger partial charge on any atom is 0.255 e. The quantitative estimate of drug-likeness (QED) is 0.800. The first-order valence-corrected chi connectivity index (χ1v) is 5.61. The number of hydrogen-bond donors (Lipinski definition) is 2. The number of carbonyl (C=O) groups excluding carboxylic acids is 1. The van der Waals surface area contributed by atoms with Gasteiger partial charge in [0.15, 0.2) is 0 Å². The standard InChI is InChI=1S/C12H13N3OS/c1-8-11(7-15(2)14-8)13-12(16)9-3-5-10(17)6-4-9/h3-7,17H,1-2H3,(H,13,16). The fourth-order valence-electron chi connectivity index (χ4n) is 1.53. The summed E-state index contributed by atoms with van der Waals surface area (Å²) in [5.41, 5.74) is 2.13. The zero-order valence-electron chi connectivity index (χ0n) is 9.64. The van der Waals surface area contributed by atoms with Crippen LogP contribution < -0.4 is 5.32 Å². The Morgan fingerprint density at radius 3 is 2.53 bits per heavy atom. The van der Waals surface area contributed by atoms with Crippen LogP contribution in [0.1, 0.15) is 16.1 Å². The molecule has 1 heterocycles. The van der Waals surface area contributed by atoms with Crippen LogP contribution in [0.15, 0.2) is 35.4 Å². The summed E-state index contributed by atoms with van der Waals surface area (Å²) in [5, 5.41) is 6.98. The minimum atomic E-state index is -0.144. The molecule has 88 valence electrons. The molecule has 1 aromatic heterocycles. The Morgan fingerprint density at radius 2 is 2.00 bits per heavy atom. The highest BCUT2D eigenvalue weighted by Crippen LogP contribution is 2.14. The Hall–Kier alpha value is -1.75. The molecular weight excluding hydrogens is 234 g/mol. The van der Waals surface area contributed by atoms with E-state index in [1.807, 2.05) is 14.0 Å². The topological polar surface area (TPSA) is 46.9 Å². The maximum atomic E-state index is 11.9. The van der Waals surface area contributed by atoms with Gasteiger partial charge in [0, 0.05) is 23.7 Å². The van der Waals surface area contributed by atoms with Gasteiger partial charge in [-0.3, -0.25) is 9.48 Å². The average molecular weight is 247 g/mol. The SMILES string of the molecule is Cc1nn(C)cc1NC(=O)c1ccc(S)cc1. The van der Waals surface area contributed by atoms with E-state index in [2.05, 4.69) is 23.0 Å². The van der Waals surface area contributed by atoms with Crippen LogP contribution >= 0.6 is 12.6 Å². The monoisotopic (exact) mass is 247 g/mol. The molecule has 0 saturated carbocycles.